The zero-order chi connectivity index (χ0) is 13.0. The summed E-state index contributed by atoms with van der Waals surface area (Å²) in [5.41, 5.74) is 2.88. The van der Waals surface area contributed by atoms with Crippen LogP contribution in [0.25, 0.3) is 0 Å². The van der Waals surface area contributed by atoms with Crippen LogP contribution in [-0.2, 0) is 11.3 Å². The third kappa shape index (κ3) is 3.29. The van der Waals surface area contributed by atoms with Gasteiger partial charge in [0.05, 0.1) is 23.8 Å². The molecule has 1 aliphatic rings. The Kier molecular flexibility index (Phi) is 4.72. The number of nitrogens with one attached hydrogen (secondary N) is 1. The molecule has 0 saturated carbocycles. The first-order valence-electron chi connectivity index (χ1n) is 6.56. The van der Waals surface area contributed by atoms with Crippen LogP contribution in [0.2, 0.25) is 0 Å². The number of hydrogen-bond acceptors (Lipinski definition) is 4. The quantitative estimate of drug-likeness (QED) is 0.910. The first kappa shape index (κ1) is 13.5. The van der Waals surface area contributed by atoms with Gasteiger partial charge in [-0.05, 0) is 26.3 Å². The first-order chi connectivity index (χ1) is 8.68. The van der Waals surface area contributed by atoms with Crippen molar-refractivity contribution in [2.45, 2.75) is 45.2 Å². The van der Waals surface area contributed by atoms with E-state index < -0.39 is 0 Å². The summed E-state index contributed by atoms with van der Waals surface area (Å²) in [6.07, 6.45) is 4.53. The number of carbonyl (C=O) groups is 1. The van der Waals surface area contributed by atoms with E-state index in [1.165, 1.54) is 17.7 Å². The van der Waals surface area contributed by atoms with Crippen LogP contribution in [-0.4, -0.2) is 35.4 Å². The topological polar surface area (TPSA) is 45.2 Å². The maximum Gasteiger partial charge on any atom is 0.239 e. The summed E-state index contributed by atoms with van der Waals surface area (Å²) in [5.74, 6) is 0.213. The van der Waals surface area contributed by atoms with Gasteiger partial charge < -0.3 is 10.2 Å². The van der Waals surface area contributed by atoms with E-state index in [2.05, 4.69) is 10.3 Å². The van der Waals surface area contributed by atoms with E-state index in [1.807, 2.05) is 24.4 Å². The third-order valence-corrected chi connectivity index (χ3v) is 4.38. The molecule has 1 atom stereocenters. The predicted octanol–water partition coefficient (Wildman–Crippen LogP) is 1.94. The lowest BCUT2D eigenvalue weighted by molar-refractivity contribution is -0.132. The molecule has 1 aliphatic heterocycles. The van der Waals surface area contributed by atoms with Crippen LogP contribution in [0.3, 0.4) is 0 Å². The second-order valence-corrected chi connectivity index (χ2v) is 5.85. The molecule has 0 aromatic carbocycles. The molecular weight excluding hydrogens is 246 g/mol. The number of amides is 1. The van der Waals surface area contributed by atoms with Gasteiger partial charge in [0.1, 0.15) is 0 Å². The van der Waals surface area contributed by atoms with Gasteiger partial charge in [0.15, 0.2) is 0 Å². The molecule has 100 valence electrons. The van der Waals surface area contributed by atoms with Crippen LogP contribution < -0.4 is 5.32 Å². The standard InChI is InChI=1S/C13H21N3OS/c1-10-12(18-9-15-10)8-16(2)13(17)11-6-4-3-5-7-14-11/h9,11,14H,3-8H2,1-2H3. The van der Waals surface area contributed by atoms with E-state index in [4.69, 9.17) is 0 Å². The number of thiazole rings is 1. The summed E-state index contributed by atoms with van der Waals surface area (Å²) in [6, 6.07) is 0.00530. The summed E-state index contributed by atoms with van der Waals surface area (Å²) < 4.78 is 0. The Balaban J connectivity index is 1.93. The van der Waals surface area contributed by atoms with Crippen LogP contribution in [0.5, 0.6) is 0 Å². The Morgan fingerprint density at radius 1 is 1.56 bits per heavy atom. The Morgan fingerprint density at radius 2 is 2.39 bits per heavy atom. The molecule has 0 spiro atoms. The van der Waals surface area contributed by atoms with Gasteiger partial charge >= 0.3 is 0 Å². The number of hydrogen-bond donors (Lipinski definition) is 1. The number of likely N-dealkylation sites (N-methyl/N-ethyl adjacent to an activating group) is 1. The SMILES string of the molecule is Cc1ncsc1CN(C)C(=O)C1CCCCCN1. The van der Waals surface area contributed by atoms with Crippen molar-refractivity contribution in [2.24, 2.45) is 0 Å². The molecule has 1 N–H and O–H groups in total. The van der Waals surface area contributed by atoms with Crippen molar-refractivity contribution in [3.63, 3.8) is 0 Å². The normalized spacial score (nSPS) is 20.4. The fourth-order valence-corrected chi connectivity index (χ4v) is 3.11. The minimum absolute atomic E-state index is 0.00530. The summed E-state index contributed by atoms with van der Waals surface area (Å²) in [6.45, 7) is 3.63. The van der Waals surface area contributed by atoms with Gasteiger partial charge in [0.25, 0.3) is 0 Å². The molecule has 1 fully saturated rings. The second kappa shape index (κ2) is 6.29. The summed E-state index contributed by atoms with van der Waals surface area (Å²) >= 11 is 1.62. The Bertz CT molecular complexity index is 397. The molecule has 1 saturated heterocycles. The number of aromatic nitrogens is 1. The van der Waals surface area contributed by atoms with E-state index >= 15 is 0 Å². The average Bonchev–Trinajstić information content (AvgIpc) is 2.63. The molecule has 0 aliphatic carbocycles. The Hall–Kier alpha value is -0.940. The summed E-state index contributed by atoms with van der Waals surface area (Å²) in [4.78, 5) is 19.6. The lowest BCUT2D eigenvalue weighted by Crippen LogP contribution is -2.44. The fourth-order valence-electron chi connectivity index (χ4n) is 2.28. The molecule has 2 rings (SSSR count). The minimum atomic E-state index is 0.00530. The van der Waals surface area contributed by atoms with Crippen LogP contribution >= 0.6 is 11.3 Å². The molecule has 1 aromatic rings. The zero-order valence-corrected chi connectivity index (χ0v) is 11.9. The number of rotatable bonds is 3. The number of aryl methyl sites for hydroxylation is 1. The molecule has 5 heteroatoms. The summed E-state index contributed by atoms with van der Waals surface area (Å²) in [5, 5.41) is 3.35. The summed E-state index contributed by atoms with van der Waals surface area (Å²) in [7, 11) is 1.88. The molecular formula is C13H21N3OS. The average molecular weight is 267 g/mol. The van der Waals surface area contributed by atoms with Gasteiger partial charge in [0, 0.05) is 11.9 Å². The smallest absolute Gasteiger partial charge is 0.239 e. The van der Waals surface area contributed by atoms with Crippen molar-refractivity contribution in [2.75, 3.05) is 13.6 Å². The third-order valence-electron chi connectivity index (χ3n) is 3.46. The van der Waals surface area contributed by atoms with Gasteiger partial charge in [-0.3, -0.25) is 4.79 Å². The van der Waals surface area contributed by atoms with Gasteiger partial charge in [-0.25, -0.2) is 4.98 Å². The van der Waals surface area contributed by atoms with E-state index in [1.54, 1.807) is 11.3 Å². The highest BCUT2D eigenvalue weighted by atomic mass is 32.1. The monoisotopic (exact) mass is 267 g/mol. The second-order valence-electron chi connectivity index (χ2n) is 4.91. The van der Waals surface area contributed by atoms with E-state index in [-0.39, 0.29) is 11.9 Å². The molecule has 1 unspecified atom stereocenters. The number of carbonyl (C=O) groups excluding carboxylic acids is 1. The van der Waals surface area contributed by atoms with Crippen LogP contribution in [0, 0.1) is 6.92 Å². The highest BCUT2D eigenvalue weighted by Crippen LogP contribution is 2.16. The van der Waals surface area contributed by atoms with Crippen molar-refractivity contribution < 1.29 is 4.79 Å². The molecule has 1 aromatic heterocycles. The Labute approximate surface area is 112 Å². The molecule has 0 radical (unpaired) electrons. The van der Waals surface area contributed by atoms with E-state index in [0.717, 1.165) is 25.1 Å². The minimum Gasteiger partial charge on any atom is -0.339 e. The highest BCUT2D eigenvalue weighted by Gasteiger charge is 2.23. The molecule has 4 nitrogen and oxygen atoms in total. The van der Waals surface area contributed by atoms with Crippen molar-refractivity contribution in [3.05, 3.63) is 16.1 Å². The fraction of sp³-hybridized carbons (Fsp3) is 0.692. The maximum atomic E-state index is 12.3. The predicted molar refractivity (Wildman–Crippen MR) is 73.6 cm³/mol. The number of nitrogens with zero attached hydrogens (tertiary/aromatic N) is 2. The van der Waals surface area contributed by atoms with Crippen LogP contribution in [0.15, 0.2) is 5.51 Å². The van der Waals surface area contributed by atoms with Crippen molar-refractivity contribution in [1.82, 2.24) is 15.2 Å². The van der Waals surface area contributed by atoms with Crippen LogP contribution in [0.4, 0.5) is 0 Å². The first-order valence-corrected chi connectivity index (χ1v) is 7.44. The van der Waals surface area contributed by atoms with Crippen LogP contribution in [0.1, 0.15) is 36.3 Å². The maximum absolute atomic E-state index is 12.3. The van der Waals surface area contributed by atoms with Gasteiger partial charge in [-0.2, -0.15) is 0 Å². The molecule has 1 amide bonds. The molecule has 0 bridgehead atoms. The van der Waals surface area contributed by atoms with Crippen molar-refractivity contribution >= 4 is 17.2 Å². The van der Waals surface area contributed by atoms with Gasteiger partial charge in [0.2, 0.25) is 5.91 Å². The van der Waals surface area contributed by atoms with Gasteiger partial charge in [-0.15, -0.1) is 11.3 Å². The van der Waals surface area contributed by atoms with E-state index in [9.17, 15) is 4.79 Å². The molecule has 2 heterocycles. The van der Waals surface area contributed by atoms with Crippen molar-refractivity contribution in [3.8, 4) is 0 Å². The highest BCUT2D eigenvalue weighted by molar-refractivity contribution is 7.09. The Morgan fingerprint density at radius 3 is 3.11 bits per heavy atom. The van der Waals surface area contributed by atoms with Crippen molar-refractivity contribution in [1.29, 1.82) is 0 Å². The van der Waals surface area contributed by atoms with E-state index in [0.29, 0.717) is 6.54 Å². The largest absolute Gasteiger partial charge is 0.339 e. The molecule has 18 heavy (non-hydrogen) atoms. The van der Waals surface area contributed by atoms with Gasteiger partial charge in [-0.1, -0.05) is 12.8 Å². The zero-order valence-electron chi connectivity index (χ0n) is 11.1. The lowest BCUT2D eigenvalue weighted by atomic mass is 10.1. The lowest BCUT2D eigenvalue weighted by Gasteiger charge is -2.23.